The number of halogens is 4. The van der Waals surface area contributed by atoms with Gasteiger partial charge in [0.1, 0.15) is 6.33 Å². The molecule has 0 bridgehead atoms. The molecule has 0 N–H and O–H groups in total. The van der Waals surface area contributed by atoms with Gasteiger partial charge in [-0.15, -0.1) is 0 Å². The van der Waals surface area contributed by atoms with E-state index in [9.17, 15) is 17.6 Å². The number of aryl methyl sites for hydroxylation is 1. The molecular weight excluding hydrogens is 302 g/mol. The van der Waals surface area contributed by atoms with Crippen LogP contribution in [0.3, 0.4) is 0 Å². The van der Waals surface area contributed by atoms with Crippen molar-refractivity contribution in [3.8, 4) is 0 Å². The van der Waals surface area contributed by atoms with Crippen molar-refractivity contribution in [1.29, 1.82) is 0 Å². The van der Waals surface area contributed by atoms with Gasteiger partial charge in [-0.25, -0.2) is 15.0 Å². The zero-order chi connectivity index (χ0) is 16.0. The molecule has 1 saturated heterocycles. The van der Waals surface area contributed by atoms with Crippen LogP contribution in [0.1, 0.15) is 19.8 Å². The third kappa shape index (κ3) is 2.28. The van der Waals surface area contributed by atoms with E-state index >= 15 is 0 Å². The van der Waals surface area contributed by atoms with E-state index in [0.717, 1.165) is 17.7 Å². The highest BCUT2D eigenvalue weighted by atomic mass is 19.3. The van der Waals surface area contributed by atoms with Crippen molar-refractivity contribution in [3.05, 3.63) is 12.7 Å². The number of hydrogen-bond donors (Lipinski definition) is 0. The van der Waals surface area contributed by atoms with Gasteiger partial charge in [-0.05, 0) is 6.42 Å². The summed E-state index contributed by atoms with van der Waals surface area (Å²) in [7, 11) is 0. The van der Waals surface area contributed by atoms with Crippen LogP contribution >= 0.6 is 0 Å². The molecule has 0 spiro atoms. The number of fused-ring (bicyclic) bond motifs is 1. The van der Waals surface area contributed by atoms with Gasteiger partial charge in [0.05, 0.1) is 19.4 Å². The quantitative estimate of drug-likeness (QED) is 0.814. The molecule has 5 nitrogen and oxygen atoms in total. The van der Waals surface area contributed by atoms with E-state index in [1.165, 1.54) is 12.7 Å². The Balaban J connectivity index is 1.97. The Morgan fingerprint density at radius 1 is 1.09 bits per heavy atom. The molecule has 1 fully saturated rings. The first-order valence-electron chi connectivity index (χ1n) is 7.02. The minimum absolute atomic E-state index is 0.0251. The molecule has 3 rings (SSSR count). The first-order valence-corrected chi connectivity index (χ1v) is 7.02. The summed E-state index contributed by atoms with van der Waals surface area (Å²) in [5.41, 5.74) is 0.740. The van der Waals surface area contributed by atoms with Crippen LogP contribution in [0, 0.1) is 0 Å². The number of rotatable bonds is 4. The van der Waals surface area contributed by atoms with Crippen LogP contribution in [0.25, 0.3) is 11.2 Å². The lowest BCUT2D eigenvalue weighted by Gasteiger charge is -2.15. The molecule has 0 radical (unpaired) electrons. The standard InChI is InChI=1S/C13H15F4N5/c1-2-3-4-21-8-20-9-10(21)18-7-19-11(9)22-5-12(14,15)13(16,17)6-22/h7-8H,2-6H2,1H3. The fraction of sp³-hybridized carbons (Fsp3) is 0.615. The van der Waals surface area contributed by atoms with E-state index in [4.69, 9.17) is 0 Å². The number of aromatic nitrogens is 4. The smallest absolute Gasteiger partial charge is 0.329 e. The highest BCUT2D eigenvalue weighted by Crippen LogP contribution is 2.43. The van der Waals surface area contributed by atoms with Gasteiger partial charge in [0, 0.05) is 6.54 Å². The Labute approximate surface area is 124 Å². The summed E-state index contributed by atoms with van der Waals surface area (Å²) < 4.78 is 55.3. The summed E-state index contributed by atoms with van der Waals surface area (Å²) in [6.45, 7) is 0.561. The van der Waals surface area contributed by atoms with Gasteiger partial charge in [-0.3, -0.25) is 0 Å². The van der Waals surface area contributed by atoms with Crippen molar-refractivity contribution in [2.45, 2.75) is 38.2 Å². The number of alkyl halides is 4. The van der Waals surface area contributed by atoms with Crippen LogP contribution in [0.4, 0.5) is 23.4 Å². The van der Waals surface area contributed by atoms with Gasteiger partial charge >= 0.3 is 11.8 Å². The minimum Gasteiger partial charge on any atom is -0.342 e. The van der Waals surface area contributed by atoms with Gasteiger partial charge in [0.15, 0.2) is 17.0 Å². The highest BCUT2D eigenvalue weighted by Gasteiger charge is 2.63. The number of hydrogen-bond acceptors (Lipinski definition) is 4. The van der Waals surface area contributed by atoms with Crippen LogP contribution in [0.2, 0.25) is 0 Å². The Morgan fingerprint density at radius 3 is 2.41 bits per heavy atom. The van der Waals surface area contributed by atoms with Gasteiger partial charge in [-0.1, -0.05) is 13.3 Å². The van der Waals surface area contributed by atoms with Crippen LogP contribution in [0.5, 0.6) is 0 Å². The molecule has 0 atom stereocenters. The van der Waals surface area contributed by atoms with Crippen LogP contribution < -0.4 is 4.90 Å². The molecule has 0 unspecified atom stereocenters. The first-order chi connectivity index (χ1) is 10.4. The number of anilines is 1. The topological polar surface area (TPSA) is 46.8 Å². The summed E-state index contributed by atoms with van der Waals surface area (Å²) in [5, 5.41) is 0. The normalized spacial score (nSPS) is 20.0. The van der Waals surface area contributed by atoms with Gasteiger partial charge in [-0.2, -0.15) is 17.6 Å². The van der Waals surface area contributed by atoms with Crippen molar-refractivity contribution >= 4 is 17.0 Å². The molecule has 2 aromatic rings. The molecule has 1 aliphatic heterocycles. The Morgan fingerprint density at radius 2 is 1.77 bits per heavy atom. The zero-order valence-electron chi connectivity index (χ0n) is 11.9. The molecule has 3 heterocycles. The Bertz CT molecular complexity index is 668. The van der Waals surface area contributed by atoms with Gasteiger partial charge in [0.25, 0.3) is 0 Å². The number of imidazole rings is 1. The maximum absolute atomic E-state index is 13.4. The molecule has 22 heavy (non-hydrogen) atoms. The predicted molar refractivity (Wildman–Crippen MR) is 72.3 cm³/mol. The maximum atomic E-state index is 13.4. The SMILES string of the molecule is CCCCn1cnc2c(N3CC(F)(F)C(F)(F)C3)ncnc21. The molecule has 120 valence electrons. The van der Waals surface area contributed by atoms with Gasteiger partial charge < -0.3 is 9.47 Å². The summed E-state index contributed by atoms with van der Waals surface area (Å²) in [6.07, 6.45) is 4.61. The summed E-state index contributed by atoms with van der Waals surface area (Å²) in [5.74, 6) is -8.12. The molecule has 1 aliphatic rings. The number of nitrogens with zero attached hydrogens (tertiary/aromatic N) is 5. The molecule has 0 saturated carbocycles. The lowest BCUT2D eigenvalue weighted by atomic mass is 10.2. The second-order valence-electron chi connectivity index (χ2n) is 5.43. The van der Waals surface area contributed by atoms with E-state index in [1.807, 2.05) is 6.92 Å². The van der Waals surface area contributed by atoms with E-state index in [2.05, 4.69) is 15.0 Å². The van der Waals surface area contributed by atoms with E-state index in [1.54, 1.807) is 4.57 Å². The van der Waals surface area contributed by atoms with Crippen molar-refractivity contribution in [3.63, 3.8) is 0 Å². The molecule has 0 aromatic carbocycles. The average molecular weight is 317 g/mol. The lowest BCUT2D eigenvalue weighted by Crippen LogP contribution is -2.38. The van der Waals surface area contributed by atoms with Crippen LogP contribution in [-0.4, -0.2) is 44.5 Å². The summed E-state index contributed by atoms with van der Waals surface area (Å²) >= 11 is 0. The van der Waals surface area contributed by atoms with Crippen molar-refractivity contribution in [2.75, 3.05) is 18.0 Å². The third-order valence-electron chi connectivity index (χ3n) is 3.75. The fourth-order valence-corrected chi connectivity index (χ4v) is 2.51. The highest BCUT2D eigenvalue weighted by molar-refractivity contribution is 5.83. The summed E-state index contributed by atoms with van der Waals surface area (Å²) in [6, 6.07) is 0. The van der Waals surface area contributed by atoms with Crippen molar-refractivity contribution < 1.29 is 17.6 Å². The molecule has 2 aromatic heterocycles. The second-order valence-corrected chi connectivity index (χ2v) is 5.43. The third-order valence-corrected chi connectivity index (χ3v) is 3.75. The van der Waals surface area contributed by atoms with Crippen molar-refractivity contribution in [2.24, 2.45) is 0 Å². The van der Waals surface area contributed by atoms with E-state index in [0.29, 0.717) is 12.2 Å². The Kier molecular flexibility index (Phi) is 3.45. The van der Waals surface area contributed by atoms with Crippen LogP contribution in [0.15, 0.2) is 12.7 Å². The van der Waals surface area contributed by atoms with Crippen molar-refractivity contribution in [1.82, 2.24) is 19.5 Å². The second kappa shape index (κ2) is 5.06. The largest absolute Gasteiger partial charge is 0.342 e. The zero-order valence-corrected chi connectivity index (χ0v) is 11.9. The monoisotopic (exact) mass is 317 g/mol. The van der Waals surface area contributed by atoms with Crippen LogP contribution in [-0.2, 0) is 6.54 Å². The molecule has 0 aliphatic carbocycles. The Hall–Kier alpha value is -1.93. The lowest BCUT2D eigenvalue weighted by molar-refractivity contribution is -0.172. The average Bonchev–Trinajstić information content (AvgIpc) is 2.95. The van der Waals surface area contributed by atoms with E-state index < -0.39 is 24.9 Å². The predicted octanol–water partition coefficient (Wildman–Crippen LogP) is 2.72. The first kappa shape index (κ1) is 15.0. The molecule has 0 amide bonds. The number of unbranched alkanes of at least 4 members (excludes halogenated alkanes) is 1. The summed E-state index contributed by atoms with van der Waals surface area (Å²) in [4.78, 5) is 13.0. The van der Waals surface area contributed by atoms with Gasteiger partial charge in [0.2, 0.25) is 0 Å². The fourth-order valence-electron chi connectivity index (χ4n) is 2.51. The molecule has 9 heteroatoms. The minimum atomic E-state index is -4.07. The molecular formula is C13H15F4N5. The van der Waals surface area contributed by atoms with E-state index in [-0.39, 0.29) is 11.3 Å². The maximum Gasteiger partial charge on any atom is 0.329 e.